The molecule has 0 aliphatic carbocycles. The summed E-state index contributed by atoms with van der Waals surface area (Å²) in [6.07, 6.45) is 0. The third kappa shape index (κ3) is 6.17. The summed E-state index contributed by atoms with van der Waals surface area (Å²) in [4.78, 5) is 13.1. The minimum atomic E-state index is -4.08. The van der Waals surface area contributed by atoms with Crippen molar-refractivity contribution in [2.75, 3.05) is 37.0 Å². The zero-order chi connectivity index (χ0) is 25.6. The predicted octanol–water partition coefficient (Wildman–Crippen LogP) is 4.90. The molecule has 0 unspecified atom stereocenters. The van der Waals surface area contributed by atoms with E-state index in [1.807, 2.05) is 13.8 Å². The standard InChI is InChI=1S/C25H27ClN2O6S/c1-5-34-19-10-12-20(13-11-19)35(30,31)28(18-8-6-17(2)7-9-18)16-25(29)27-22-15-23(32-3)21(26)14-24(22)33-4/h6-15H,5,16H2,1-4H3,(H,27,29). The number of ether oxygens (including phenoxy) is 3. The number of methoxy groups -OCH3 is 2. The Morgan fingerprint density at radius 1 is 0.971 bits per heavy atom. The topological polar surface area (TPSA) is 94.2 Å². The first-order valence-electron chi connectivity index (χ1n) is 10.7. The van der Waals surface area contributed by atoms with Gasteiger partial charge in [0.25, 0.3) is 10.0 Å². The van der Waals surface area contributed by atoms with E-state index in [2.05, 4.69) is 5.32 Å². The number of carbonyl (C=O) groups excluding carboxylic acids is 1. The third-order valence-electron chi connectivity index (χ3n) is 5.08. The molecule has 186 valence electrons. The number of amides is 1. The zero-order valence-corrected chi connectivity index (χ0v) is 21.4. The summed E-state index contributed by atoms with van der Waals surface area (Å²) in [5.74, 6) is 0.609. The van der Waals surface area contributed by atoms with Gasteiger partial charge in [0, 0.05) is 12.1 Å². The number of nitrogens with zero attached hydrogens (tertiary/aromatic N) is 1. The molecule has 3 aromatic carbocycles. The fourth-order valence-corrected chi connectivity index (χ4v) is 4.96. The highest BCUT2D eigenvalue weighted by molar-refractivity contribution is 7.92. The molecule has 0 radical (unpaired) electrons. The lowest BCUT2D eigenvalue weighted by molar-refractivity contribution is -0.114. The van der Waals surface area contributed by atoms with E-state index in [0.717, 1.165) is 9.87 Å². The number of sulfonamides is 1. The van der Waals surface area contributed by atoms with Crippen LogP contribution in [0.25, 0.3) is 0 Å². The number of halogens is 1. The Kier molecular flexibility index (Phi) is 8.48. The zero-order valence-electron chi connectivity index (χ0n) is 19.9. The largest absolute Gasteiger partial charge is 0.495 e. The minimum Gasteiger partial charge on any atom is -0.495 e. The van der Waals surface area contributed by atoms with Crippen molar-refractivity contribution in [1.29, 1.82) is 0 Å². The van der Waals surface area contributed by atoms with Gasteiger partial charge in [-0.3, -0.25) is 9.10 Å². The molecule has 0 aliphatic heterocycles. The Bertz CT molecular complexity index is 1280. The first kappa shape index (κ1) is 26.2. The van der Waals surface area contributed by atoms with Crippen LogP contribution in [0.5, 0.6) is 17.2 Å². The summed E-state index contributed by atoms with van der Waals surface area (Å²) in [6.45, 7) is 3.71. The number of nitrogens with one attached hydrogen (secondary N) is 1. The average Bonchev–Trinajstić information content (AvgIpc) is 2.84. The highest BCUT2D eigenvalue weighted by atomic mass is 35.5. The van der Waals surface area contributed by atoms with E-state index >= 15 is 0 Å². The molecule has 0 saturated heterocycles. The van der Waals surface area contributed by atoms with Gasteiger partial charge in [0.05, 0.1) is 42.1 Å². The predicted molar refractivity (Wildman–Crippen MR) is 137 cm³/mol. The Morgan fingerprint density at radius 2 is 1.60 bits per heavy atom. The van der Waals surface area contributed by atoms with Crippen LogP contribution in [-0.4, -0.2) is 41.7 Å². The molecule has 0 aliphatic rings. The van der Waals surface area contributed by atoms with Crippen LogP contribution in [0.1, 0.15) is 12.5 Å². The molecule has 0 fully saturated rings. The van der Waals surface area contributed by atoms with Crippen molar-refractivity contribution >= 4 is 38.9 Å². The van der Waals surface area contributed by atoms with Crippen molar-refractivity contribution in [2.24, 2.45) is 0 Å². The van der Waals surface area contributed by atoms with Gasteiger partial charge in [-0.15, -0.1) is 0 Å². The molecule has 0 aromatic heterocycles. The number of hydrogen-bond acceptors (Lipinski definition) is 6. The first-order valence-corrected chi connectivity index (χ1v) is 12.5. The maximum absolute atomic E-state index is 13.6. The van der Waals surface area contributed by atoms with Crippen molar-refractivity contribution in [1.82, 2.24) is 0 Å². The van der Waals surface area contributed by atoms with Crippen molar-refractivity contribution in [3.8, 4) is 17.2 Å². The van der Waals surface area contributed by atoms with E-state index in [1.165, 1.54) is 38.5 Å². The molecule has 0 atom stereocenters. The van der Waals surface area contributed by atoms with Crippen molar-refractivity contribution in [3.63, 3.8) is 0 Å². The molecule has 3 aromatic rings. The Balaban J connectivity index is 1.95. The van der Waals surface area contributed by atoms with Crippen molar-refractivity contribution in [2.45, 2.75) is 18.7 Å². The highest BCUT2D eigenvalue weighted by Crippen LogP contribution is 2.36. The fourth-order valence-electron chi connectivity index (χ4n) is 3.31. The molecule has 1 amide bonds. The second kappa shape index (κ2) is 11.3. The van der Waals surface area contributed by atoms with Gasteiger partial charge in [-0.25, -0.2) is 8.42 Å². The van der Waals surface area contributed by atoms with E-state index in [1.54, 1.807) is 36.4 Å². The van der Waals surface area contributed by atoms with Crippen LogP contribution in [0, 0.1) is 6.92 Å². The summed E-state index contributed by atoms with van der Waals surface area (Å²) in [6, 6.07) is 15.9. The molecular formula is C25H27ClN2O6S. The first-order chi connectivity index (χ1) is 16.7. The summed E-state index contributed by atoms with van der Waals surface area (Å²) in [5, 5.41) is 3.00. The molecule has 10 heteroatoms. The number of hydrogen-bond donors (Lipinski definition) is 1. The summed E-state index contributed by atoms with van der Waals surface area (Å²) < 4.78 is 44.1. The molecule has 35 heavy (non-hydrogen) atoms. The second-order valence-corrected chi connectivity index (χ2v) is 9.76. The summed E-state index contributed by atoms with van der Waals surface area (Å²) in [5.41, 5.74) is 1.59. The number of benzene rings is 3. The van der Waals surface area contributed by atoms with Crippen LogP contribution in [0.15, 0.2) is 65.6 Å². The second-order valence-electron chi connectivity index (χ2n) is 7.49. The van der Waals surface area contributed by atoms with E-state index in [4.69, 9.17) is 25.8 Å². The molecule has 0 heterocycles. The fraction of sp³-hybridized carbons (Fsp3) is 0.240. The van der Waals surface area contributed by atoms with Crippen LogP contribution in [0.4, 0.5) is 11.4 Å². The molecule has 3 rings (SSSR count). The van der Waals surface area contributed by atoms with Crippen LogP contribution in [0.2, 0.25) is 5.02 Å². The lowest BCUT2D eigenvalue weighted by Gasteiger charge is -2.24. The normalized spacial score (nSPS) is 11.0. The van der Waals surface area contributed by atoms with Gasteiger partial charge in [0.15, 0.2) is 0 Å². The SMILES string of the molecule is CCOc1ccc(S(=O)(=O)N(CC(=O)Nc2cc(OC)c(Cl)cc2OC)c2ccc(C)cc2)cc1. The van der Waals surface area contributed by atoms with E-state index in [9.17, 15) is 13.2 Å². The van der Waals surface area contributed by atoms with Gasteiger partial charge in [-0.1, -0.05) is 29.3 Å². The minimum absolute atomic E-state index is 0.0278. The van der Waals surface area contributed by atoms with E-state index < -0.39 is 22.5 Å². The lowest BCUT2D eigenvalue weighted by Crippen LogP contribution is -2.38. The van der Waals surface area contributed by atoms with Gasteiger partial charge in [0.1, 0.15) is 23.8 Å². The van der Waals surface area contributed by atoms with Gasteiger partial charge in [-0.05, 0) is 50.2 Å². The van der Waals surface area contributed by atoms with E-state index in [-0.39, 0.29) is 4.90 Å². The van der Waals surface area contributed by atoms with Crippen LogP contribution in [-0.2, 0) is 14.8 Å². The Hall–Kier alpha value is -3.43. The molecular weight excluding hydrogens is 492 g/mol. The van der Waals surface area contributed by atoms with E-state index in [0.29, 0.717) is 40.3 Å². The number of rotatable bonds is 10. The molecule has 0 bridgehead atoms. The lowest BCUT2D eigenvalue weighted by atomic mass is 10.2. The van der Waals surface area contributed by atoms with Crippen LogP contribution in [0.3, 0.4) is 0 Å². The van der Waals surface area contributed by atoms with Gasteiger partial charge in [-0.2, -0.15) is 0 Å². The Labute approximate surface area is 210 Å². The molecule has 0 saturated carbocycles. The number of aryl methyl sites for hydroxylation is 1. The molecule has 1 N–H and O–H groups in total. The third-order valence-corrected chi connectivity index (χ3v) is 7.16. The number of anilines is 2. The van der Waals surface area contributed by atoms with Gasteiger partial charge >= 0.3 is 0 Å². The van der Waals surface area contributed by atoms with Crippen molar-refractivity contribution in [3.05, 3.63) is 71.2 Å². The summed E-state index contributed by atoms with van der Waals surface area (Å²) >= 11 is 6.14. The maximum atomic E-state index is 13.6. The summed E-state index contributed by atoms with van der Waals surface area (Å²) in [7, 11) is -1.20. The quantitative estimate of drug-likeness (QED) is 0.410. The Morgan fingerprint density at radius 3 is 2.17 bits per heavy atom. The maximum Gasteiger partial charge on any atom is 0.264 e. The van der Waals surface area contributed by atoms with Gasteiger partial charge < -0.3 is 19.5 Å². The highest BCUT2D eigenvalue weighted by Gasteiger charge is 2.28. The molecule has 0 spiro atoms. The van der Waals surface area contributed by atoms with Gasteiger partial charge in [0.2, 0.25) is 5.91 Å². The smallest absolute Gasteiger partial charge is 0.264 e. The monoisotopic (exact) mass is 518 g/mol. The van der Waals surface area contributed by atoms with Crippen LogP contribution < -0.4 is 23.8 Å². The van der Waals surface area contributed by atoms with Crippen LogP contribution >= 0.6 is 11.6 Å². The number of carbonyl (C=O) groups is 1. The average molecular weight is 519 g/mol. The molecule has 8 nitrogen and oxygen atoms in total. The van der Waals surface area contributed by atoms with Crippen molar-refractivity contribution < 1.29 is 27.4 Å².